The van der Waals surface area contributed by atoms with Crippen molar-refractivity contribution in [1.29, 1.82) is 0 Å². The molecule has 1 aromatic carbocycles. The summed E-state index contributed by atoms with van der Waals surface area (Å²) in [6.45, 7) is 13.7. The van der Waals surface area contributed by atoms with Gasteiger partial charge in [-0.25, -0.2) is 9.97 Å². The molecule has 2 aromatic rings. The second-order valence-corrected chi connectivity index (χ2v) is 12.5. The molecule has 13 nitrogen and oxygen atoms in total. The van der Waals surface area contributed by atoms with Crippen LogP contribution in [-0.2, 0) is 25.4 Å². The fourth-order valence-corrected chi connectivity index (χ4v) is 5.25. The van der Waals surface area contributed by atoms with Gasteiger partial charge in [0, 0.05) is 26.2 Å². The predicted molar refractivity (Wildman–Crippen MR) is 171 cm³/mol. The third kappa shape index (κ3) is 11.0. The van der Waals surface area contributed by atoms with Gasteiger partial charge in [0.15, 0.2) is 34.2 Å². The summed E-state index contributed by atoms with van der Waals surface area (Å²) in [6, 6.07) is 8.12. The minimum absolute atomic E-state index is 0.0111. The van der Waals surface area contributed by atoms with E-state index >= 15 is 0 Å². The number of rotatable bonds is 14. The second-order valence-electron chi connectivity index (χ2n) is 12.2. The van der Waals surface area contributed by atoms with Crippen molar-refractivity contribution in [2.75, 3.05) is 51.7 Å². The molecule has 1 aromatic heterocycles. The molecule has 0 saturated carbocycles. The van der Waals surface area contributed by atoms with Crippen LogP contribution in [0.3, 0.4) is 0 Å². The first-order chi connectivity index (χ1) is 21.3. The molecule has 0 bridgehead atoms. The summed E-state index contributed by atoms with van der Waals surface area (Å²) in [6.07, 6.45) is 2.55. The minimum atomic E-state index is -0.610. The number of benzene rings is 1. The number of nitrogens with zero attached hydrogens (tertiary/aromatic N) is 4. The Kier molecular flexibility index (Phi) is 12.0. The molecule has 0 spiro atoms. The predicted octanol–water partition coefficient (Wildman–Crippen LogP) is 3.07. The zero-order valence-corrected chi connectivity index (χ0v) is 27.6. The molecule has 5 N–H and O–H groups in total. The zero-order valence-electron chi connectivity index (χ0n) is 26.8. The Balaban J connectivity index is 1.16. The van der Waals surface area contributed by atoms with Crippen molar-refractivity contribution in [2.45, 2.75) is 77.7 Å². The summed E-state index contributed by atoms with van der Waals surface area (Å²) in [5.74, 6) is -0.964. The van der Waals surface area contributed by atoms with Gasteiger partial charge in [-0.1, -0.05) is 23.7 Å². The average Bonchev–Trinajstić information content (AvgIpc) is 3.49. The monoisotopic (exact) mass is 647 g/mol. The van der Waals surface area contributed by atoms with Gasteiger partial charge >= 0.3 is 0 Å². The lowest BCUT2D eigenvalue weighted by atomic mass is 10.1. The van der Waals surface area contributed by atoms with Crippen molar-refractivity contribution in [3.05, 3.63) is 46.4 Å². The van der Waals surface area contributed by atoms with E-state index in [-0.39, 0.29) is 34.8 Å². The minimum Gasteiger partial charge on any atom is -0.492 e. The van der Waals surface area contributed by atoms with Gasteiger partial charge < -0.3 is 35.2 Å². The fraction of sp³-hybridized carbons (Fsp3) is 0.613. The van der Waals surface area contributed by atoms with Gasteiger partial charge in [-0.05, 0) is 71.6 Å². The first-order valence-corrected chi connectivity index (χ1v) is 15.6. The molecule has 2 atom stereocenters. The van der Waals surface area contributed by atoms with Crippen LogP contribution in [0.1, 0.15) is 62.3 Å². The lowest BCUT2D eigenvalue weighted by Gasteiger charge is -2.28. The van der Waals surface area contributed by atoms with Gasteiger partial charge in [0.25, 0.3) is 5.91 Å². The van der Waals surface area contributed by atoms with E-state index in [2.05, 4.69) is 37.3 Å². The zero-order chi connectivity index (χ0) is 32.6. The molecule has 0 unspecified atom stereocenters. The summed E-state index contributed by atoms with van der Waals surface area (Å²) >= 11 is 5.95. The summed E-state index contributed by atoms with van der Waals surface area (Å²) < 4.78 is 29.7. The van der Waals surface area contributed by atoms with Crippen molar-refractivity contribution in [1.82, 2.24) is 20.2 Å². The summed E-state index contributed by atoms with van der Waals surface area (Å²) in [5, 5.41) is 2.57. The largest absolute Gasteiger partial charge is 0.492 e. The average molecular weight is 648 g/mol. The van der Waals surface area contributed by atoms with Crippen LogP contribution in [-0.4, -0.2) is 96.5 Å². The molecule has 14 heteroatoms. The van der Waals surface area contributed by atoms with Crippen LogP contribution in [0.2, 0.25) is 5.15 Å². The van der Waals surface area contributed by atoms with E-state index in [1.54, 1.807) is 6.92 Å². The van der Waals surface area contributed by atoms with Gasteiger partial charge in [0.2, 0.25) is 0 Å². The van der Waals surface area contributed by atoms with E-state index in [0.717, 1.165) is 38.1 Å². The Hall–Kier alpha value is -3.07. The fourth-order valence-electron chi connectivity index (χ4n) is 5.12. The van der Waals surface area contributed by atoms with E-state index in [0.29, 0.717) is 38.6 Å². The van der Waals surface area contributed by atoms with Crippen LogP contribution in [0.25, 0.3) is 0 Å². The molecule has 2 saturated heterocycles. The summed E-state index contributed by atoms with van der Waals surface area (Å²) in [4.78, 5) is 26.9. The number of guanidine groups is 1. The molecule has 4 rings (SSSR count). The number of hydrogen-bond donors (Lipinski definition) is 3. The molecule has 0 radical (unpaired) electrons. The maximum atomic E-state index is 12.4. The second kappa shape index (κ2) is 15.5. The number of anilines is 1. The first kappa shape index (κ1) is 34.8. The maximum Gasteiger partial charge on any atom is 0.280 e. The number of aliphatic imine (C=N–C) groups is 1. The maximum absolute atomic E-state index is 12.4. The van der Waals surface area contributed by atoms with Crippen molar-refractivity contribution in [2.24, 2.45) is 10.7 Å². The Morgan fingerprint density at radius 3 is 2.27 bits per heavy atom. The Morgan fingerprint density at radius 2 is 1.69 bits per heavy atom. The van der Waals surface area contributed by atoms with E-state index < -0.39 is 17.5 Å². The van der Waals surface area contributed by atoms with Crippen LogP contribution in [0, 0.1) is 6.92 Å². The highest BCUT2D eigenvalue weighted by atomic mass is 35.5. The molecule has 0 aliphatic carbocycles. The summed E-state index contributed by atoms with van der Waals surface area (Å²) in [5.41, 5.74) is 13.2. The smallest absolute Gasteiger partial charge is 0.280 e. The molecule has 1 amide bonds. The number of hydrogen-bond acceptors (Lipinski definition) is 11. The quantitative estimate of drug-likeness (QED) is 0.156. The van der Waals surface area contributed by atoms with E-state index in [1.165, 1.54) is 5.56 Å². The van der Waals surface area contributed by atoms with E-state index in [1.807, 2.05) is 39.8 Å². The van der Waals surface area contributed by atoms with Crippen LogP contribution < -0.4 is 21.5 Å². The number of amides is 1. The number of aryl methyl sites for hydroxylation is 2. The molecule has 3 heterocycles. The molecule has 248 valence electrons. The Morgan fingerprint density at radius 1 is 1.07 bits per heavy atom. The van der Waals surface area contributed by atoms with E-state index in [4.69, 9.17) is 46.8 Å². The number of nitrogens with two attached hydrogens (primary N) is 2. The van der Waals surface area contributed by atoms with Gasteiger partial charge in [0.05, 0.1) is 31.1 Å². The topological polar surface area (TPSA) is 169 Å². The lowest BCUT2D eigenvalue weighted by Crippen LogP contribution is -2.42. The Labute approximate surface area is 269 Å². The third-order valence-corrected chi connectivity index (χ3v) is 7.67. The van der Waals surface area contributed by atoms with Crippen LogP contribution in [0.5, 0.6) is 5.75 Å². The first-order valence-electron chi connectivity index (χ1n) is 15.3. The number of unbranched alkanes of at least 4 members (excludes halogenated alkanes) is 1. The normalized spacial score (nSPS) is 20.9. The molecular formula is C31H46ClN7O6. The number of aromatic nitrogens is 2. The van der Waals surface area contributed by atoms with Gasteiger partial charge in [0.1, 0.15) is 12.4 Å². The molecule has 2 aliphatic heterocycles. The van der Waals surface area contributed by atoms with Crippen LogP contribution in [0.15, 0.2) is 29.3 Å². The van der Waals surface area contributed by atoms with Crippen molar-refractivity contribution in [3.63, 3.8) is 0 Å². The van der Waals surface area contributed by atoms with E-state index in [9.17, 15) is 4.79 Å². The third-order valence-electron chi connectivity index (χ3n) is 7.31. The van der Waals surface area contributed by atoms with Gasteiger partial charge in [-0.15, -0.1) is 0 Å². The standard InChI is InChI=1S/C31H46ClN7O6/c1-20-26(32)37-25(27(33)36-20)28(40)38-29(34)35-13-7-6-8-21-9-11-22(12-10-21)41-15-14-39(16-23-18-42-30(2,3)44-23)17-24-19-43-31(4,5)45-24/h9-12,23-24H,6-8,13-19H2,1-5H3,(H2,33,36)(H3,34,35,38,40)/t23-,24-/m0/s1. The van der Waals surface area contributed by atoms with Gasteiger partial charge in [-0.2, -0.15) is 0 Å². The van der Waals surface area contributed by atoms with Crippen LogP contribution in [0.4, 0.5) is 5.82 Å². The number of ether oxygens (including phenoxy) is 5. The number of carbonyl (C=O) groups excluding carboxylic acids is 1. The molecular weight excluding hydrogens is 602 g/mol. The molecule has 2 aliphatic rings. The van der Waals surface area contributed by atoms with Crippen molar-refractivity contribution >= 4 is 29.3 Å². The molecule has 45 heavy (non-hydrogen) atoms. The van der Waals surface area contributed by atoms with Crippen molar-refractivity contribution in [3.8, 4) is 5.75 Å². The number of nitrogen functional groups attached to an aromatic ring is 1. The number of nitrogens with one attached hydrogen (secondary N) is 1. The SMILES string of the molecule is Cc1nc(N)c(C(=O)NC(N)=NCCCCc2ccc(OCCN(C[C@H]3COC(C)(C)O3)C[C@H]3COC(C)(C)O3)cc2)nc1Cl. The number of halogens is 1. The molecule has 2 fully saturated rings. The summed E-state index contributed by atoms with van der Waals surface area (Å²) in [7, 11) is 0. The highest BCUT2D eigenvalue weighted by molar-refractivity contribution is 6.30. The highest BCUT2D eigenvalue weighted by Crippen LogP contribution is 2.25. The number of carbonyl (C=O) groups is 1. The van der Waals surface area contributed by atoms with Crippen LogP contribution >= 0.6 is 11.6 Å². The van der Waals surface area contributed by atoms with Crippen molar-refractivity contribution < 1.29 is 28.5 Å². The van der Waals surface area contributed by atoms with Gasteiger partial charge in [-0.3, -0.25) is 20.0 Å². The lowest BCUT2D eigenvalue weighted by molar-refractivity contribution is -0.145. The Bertz CT molecular complexity index is 1300. The highest BCUT2D eigenvalue weighted by Gasteiger charge is 2.36.